The normalized spacial score (nSPS) is 16.7. The summed E-state index contributed by atoms with van der Waals surface area (Å²) in [5, 5.41) is 1.40. The molecule has 0 aromatic heterocycles. The molecule has 0 aliphatic heterocycles. The van der Waals surface area contributed by atoms with Gasteiger partial charge in [0, 0.05) is 10.6 Å². The fourth-order valence-electron chi connectivity index (χ4n) is 2.39. The number of sulfone groups is 1. The third kappa shape index (κ3) is 3.96. The van der Waals surface area contributed by atoms with E-state index < -0.39 is 26.9 Å². The van der Waals surface area contributed by atoms with Crippen LogP contribution in [-0.2, 0) is 14.6 Å². The molecule has 1 aliphatic carbocycles. The van der Waals surface area contributed by atoms with Crippen molar-refractivity contribution in [3.05, 3.63) is 65.2 Å². The number of halogens is 1. The minimum absolute atomic E-state index is 0.0952. The maximum absolute atomic E-state index is 13.1. The summed E-state index contributed by atoms with van der Waals surface area (Å²) < 4.78 is 31.5. The molecule has 1 N–H and O–H groups in total. The average molecular weight is 380 g/mol. The molecule has 1 amide bonds. The van der Waals surface area contributed by atoms with Crippen molar-refractivity contribution in [2.24, 2.45) is 0 Å². The van der Waals surface area contributed by atoms with E-state index in [1.54, 1.807) is 42.5 Å². The Labute approximate surface area is 151 Å². The zero-order valence-corrected chi connectivity index (χ0v) is 15.2. The zero-order valence-electron chi connectivity index (χ0n) is 13.6. The molecule has 5 nitrogen and oxygen atoms in total. The lowest BCUT2D eigenvalue weighted by Crippen LogP contribution is -2.36. The fraction of sp³-hybridized carbons (Fsp3) is 0.278. The second kappa shape index (κ2) is 6.69. The lowest BCUT2D eigenvalue weighted by molar-refractivity contribution is 0.0924. The lowest BCUT2D eigenvalue weighted by Gasteiger charge is -2.22. The number of carbonyl (C=O) groups is 1. The second-order valence-electron chi connectivity index (χ2n) is 6.24. The molecule has 25 heavy (non-hydrogen) atoms. The molecule has 2 aromatic carbocycles. The molecule has 3 rings (SSSR count). The predicted molar refractivity (Wildman–Crippen MR) is 95.1 cm³/mol. The van der Waals surface area contributed by atoms with E-state index in [1.165, 1.54) is 12.1 Å². The Morgan fingerprint density at radius 2 is 1.72 bits per heavy atom. The highest BCUT2D eigenvalue weighted by Gasteiger charge is 2.43. The maximum Gasteiger partial charge on any atom is 0.408 e. The van der Waals surface area contributed by atoms with Gasteiger partial charge in [-0.2, -0.15) is 0 Å². The second-order valence-corrected chi connectivity index (χ2v) is 8.68. The minimum Gasteiger partial charge on any atom is -0.443 e. The summed E-state index contributed by atoms with van der Waals surface area (Å²) in [5.41, 5.74) is -0.211. The van der Waals surface area contributed by atoms with Crippen LogP contribution in [0.5, 0.6) is 0 Å². The molecule has 1 aliphatic rings. The monoisotopic (exact) mass is 379 g/mol. The molecule has 0 heterocycles. The van der Waals surface area contributed by atoms with E-state index in [-0.39, 0.29) is 9.92 Å². The number of rotatable bonds is 5. The summed E-state index contributed by atoms with van der Waals surface area (Å²) in [5.74, 6) is 0. The van der Waals surface area contributed by atoms with E-state index >= 15 is 0 Å². The Morgan fingerprint density at radius 1 is 1.12 bits per heavy atom. The van der Waals surface area contributed by atoms with Crippen LogP contribution in [0.4, 0.5) is 4.79 Å². The number of carbonyl (C=O) groups excluding carboxylic acids is 1. The molecular formula is C18H18ClNO4S. The first-order chi connectivity index (χ1) is 11.8. The summed E-state index contributed by atoms with van der Waals surface area (Å²) in [4.78, 5) is 12.3. The van der Waals surface area contributed by atoms with Crippen LogP contribution in [0.15, 0.2) is 59.5 Å². The van der Waals surface area contributed by atoms with Crippen LogP contribution in [0, 0.1) is 0 Å². The van der Waals surface area contributed by atoms with Gasteiger partial charge in [-0.05, 0) is 38.0 Å². The summed E-state index contributed by atoms with van der Waals surface area (Å²) in [7, 11) is -3.90. The number of hydrogen-bond donors (Lipinski definition) is 1. The van der Waals surface area contributed by atoms with Crippen LogP contribution in [-0.4, -0.2) is 20.1 Å². The predicted octanol–water partition coefficient (Wildman–Crippen LogP) is 4.09. The largest absolute Gasteiger partial charge is 0.443 e. The Kier molecular flexibility index (Phi) is 4.75. The first-order valence-corrected chi connectivity index (χ1v) is 9.77. The first kappa shape index (κ1) is 17.8. The number of alkyl carbamates (subject to hydrolysis) is 1. The van der Waals surface area contributed by atoms with Gasteiger partial charge in [-0.15, -0.1) is 0 Å². The molecule has 0 bridgehead atoms. The Morgan fingerprint density at radius 3 is 2.32 bits per heavy atom. The fourth-order valence-corrected chi connectivity index (χ4v) is 4.30. The summed E-state index contributed by atoms with van der Waals surface area (Å²) >= 11 is 6.18. The van der Waals surface area contributed by atoms with Crippen LogP contribution in [0.25, 0.3) is 0 Å². The topological polar surface area (TPSA) is 72.5 Å². The van der Waals surface area contributed by atoms with Gasteiger partial charge >= 0.3 is 6.09 Å². The molecule has 1 unspecified atom stereocenters. The van der Waals surface area contributed by atoms with Crippen molar-refractivity contribution in [3.63, 3.8) is 0 Å². The number of benzene rings is 2. The summed E-state index contributed by atoms with van der Waals surface area (Å²) in [6.45, 7) is 1.81. The van der Waals surface area contributed by atoms with Crippen LogP contribution < -0.4 is 5.32 Å². The molecule has 0 radical (unpaired) electrons. The van der Waals surface area contributed by atoms with E-state index in [0.29, 0.717) is 5.56 Å². The van der Waals surface area contributed by atoms with Gasteiger partial charge in [-0.3, -0.25) is 0 Å². The van der Waals surface area contributed by atoms with Gasteiger partial charge in [0.05, 0.1) is 4.90 Å². The number of ether oxygens (including phenoxy) is 1. The molecule has 0 saturated heterocycles. The summed E-state index contributed by atoms with van der Waals surface area (Å²) in [6.07, 6.45) is 0.759. The van der Waals surface area contributed by atoms with Gasteiger partial charge in [0.15, 0.2) is 5.37 Å². The van der Waals surface area contributed by atoms with E-state index in [0.717, 1.165) is 12.8 Å². The van der Waals surface area contributed by atoms with Crippen molar-refractivity contribution < 1.29 is 17.9 Å². The lowest BCUT2D eigenvalue weighted by atomic mass is 10.2. The van der Waals surface area contributed by atoms with Gasteiger partial charge in [-0.25, -0.2) is 13.2 Å². The van der Waals surface area contributed by atoms with Crippen molar-refractivity contribution in [2.75, 3.05) is 0 Å². The van der Waals surface area contributed by atoms with Crippen molar-refractivity contribution in [1.82, 2.24) is 5.32 Å². The smallest absolute Gasteiger partial charge is 0.408 e. The SMILES string of the molecule is CC1(OC(=O)NC(c2ccccc2Cl)S(=O)(=O)c2ccccc2)CC1. The van der Waals surface area contributed by atoms with Crippen molar-refractivity contribution in [1.29, 1.82) is 0 Å². The van der Waals surface area contributed by atoms with Crippen LogP contribution >= 0.6 is 11.6 Å². The van der Waals surface area contributed by atoms with Gasteiger partial charge in [0.25, 0.3) is 0 Å². The highest BCUT2D eigenvalue weighted by Crippen LogP contribution is 2.39. The molecule has 0 spiro atoms. The first-order valence-electron chi connectivity index (χ1n) is 7.85. The van der Waals surface area contributed by atoms with E-state index in [1.807, 2.05) is 6.92 Å². The van der Waals surface area contributed by atoms with E-state index in [9.17, 15) is 13.2 Å². The number of nitrogens with one attached hydrogen (secondary N) is 1. The molecule has 2 aromatic rings. The molecule has 132 valence electrons. The molecule has 1 fully saturated rings. The van der Waals surface area contributed by atoms with Crippen LogP contribution in [0.1, 0.15) is 30.7 Å². The van der Waals surface area contributed by atoms with Crippen molar-refractivity contribution in [2.45, 2.75) is 35.6 Å². The average Bonchev–Trinajstić information content (AvgIpc) is 3.31. The van der Waals surface area contributed by atoms with Gasteiger partial charge < -0.3 is 10.1 Å². The quantitative estimate of drug-likeness (QED) is 0.849. The Bertz CT molecular complexity index is 879. The van der Waals surface area contributed by atoms with Crippen LogP contribution in [0.3, 0.4) is 0 Å². The van der Waals surface area contributed by atoms with Crippen molar-refractivity contribution in [3.8, 4) is 0 Å². The zero-order chi connectivity index (χ0) is 18.1. The minimum atomic E-state index is -3.90. The van der Waals surface area contributed by atoms with Crippen LogP contribution in [0.2, 0.25) is 5.02 Å². The standard InChI is InChI=1S/C18H18ClNO4S/c1-18(11-12-18)24-17(21)20-16(14-9-5-6-10-15(14)19)25(22,23)13-7-3-2-4-8-13/h2-10,16H,11-12H2,1H3,(H,20,21). The molecular weight excluding hydrogens is 362 g/mol. The van der Waals surface area contributed by atoms with E-state index in [4.69, 9.17) is 16.3 Å². The third-order valence-corrected chi connectivity index (χ3v) is 6.38. The molecule has 1 saturated carbocycles. The Hall–Kier alpha value is -2.05. The number of hydrogen-bond acceptors (Lipinski definition) is 4. The molecule has 1 atom stereocenters. The Balaban J connectivity index is 1.97. The third-order valence-electron chi connectivity index (χ3n) is 4.11. The highest BCUT2D eigenvalue weighted by atomic mass is 35.5. The van der Waals surface area contributed by atoms with Gasteiger partial charge in [-0.1, -0.05) is 48.0 Å². The maximum atomic E-state index is 13.1. The van der Waals surface area contributed by atoms with Gasteiger partial charge in [0.1, 0.15) is 5.60 Å². The van der Waals surface area contributed by atoms with E-state index in [2.05, 4.69) is 5.32 Å². The summed E-state index contributed by atoms with van der Waals surface area (Å²) in [6, 6.07) is 14.5. The number of amides is 1. The van der Waals surface area contributed by atoms with Gasteiger partial charge in [0.2, 0.25) is 9.84 Å². The van der Waals surface area contributed by atoms with Crippen molar-refractivity contribution >= 4 is 27.5 Å². The molecule has 7 heteroatoms. The highest BCUT2D eigenvalue weighted by molar-refractivity contribution is 7.91.